The van der Waals surface area contributed by atoms with E-state index in [0.717, 1.165) is 15.4 Å². The number of carbonyl (C=O) groups excluding carboxylic acids is 3. The summed E-state index contributed by atoms with van der Waals surface area (Å²) in [5.74, 6) is -5.80. The minimum atomic E-state index is -1.25. The molecule has 0 saturated heterocycles. The molecule has 0 spiro atoms. The normalized spacial score (nSPS) is 11.6. The molecule has 0 aromatic heterocycles. The summed E-state index contributed by atoms with van der Waals surface area (Å²) in [6, 6.07) is 13.0. The van der Waals surface area contributed by atoms with E-state index in [9.17, 15) is 33.6 Å². The average molecular weight is 746 g/mol. The first kappa shape index (κ1) is 43.5. The Bertz CT molecular complexity index is 1470. The third-order valence-electron chi connectivity index (χ3n) is 7.50. The van der Waals surface area contributed by atoms with Crippen molar-refractivity contribution in [2.45, 2.75) is 32.4 Å². The number of benzene rings is 2. The van der Waals surface area contributed by atoms with Crippen molar-refractivity contribution in [3.63, 3.8) is 0 Å². The largest absolute Gasteiger partial charge is 0.494 e. The van der Waals surface area contributed by atoms with Crippen molar-refractivity contribution in [2.24, 2.45) is 5.73 Å². The number of hydrogen-bond acceptors (Lipinski definition) is 12. The molecule has 2 rings (SSSR count). The van der Waals surface area contributed by atoms with E-state index in [1.807, 2.05) is 6.92 Å². The molecule has 3 amide bonds. The van der Waals surface area contributed by atoms with Crippen LogP contribution in [0.15, 0.2) is 48.5 Å². The molecule has 0 fully saturated rings. The molecule has 19 heteroatoms. The summed E-state index contributed by atoms with van der Waals surface area (Å²) in [5.41, 5.74) is 12.8. The SMILES string of the molecule is CCOc1ccc(C[C@@H](N)C(=O)NNC(=O)Cc2ccc(CNC(=O)CN(CCN(CC(=O)O)CC(=O)O)CCN(CC(=O)O)CC(=O)O)cc2)cc1. The molecule has 0 radical (unpaired) electrons. The van der Waals surface area contributed by atoms with Gasteiger partial charge in [0, 0.05) is 32.7 Å². The van der Waals surface area contributed by atoms with Crippen LogP contribution in [0.1, 0.15) is 23.6 Å². The number of nitrogens with one attached hydrogen (secondary N) is 3. The fourth-order valence-corrected chi connectivity index (χ4v) is 4.95. The summed E-state index contributed by atoms with van der Waals surface area (Å²) < 4.78 is 5.40. The van der Waals surface area contributed by atoms with Crippen molar-refractivity contribution in [2.75, 3.05) is 65.5 Å². The fraction of sp³-hybridized carbons (Fsp3) is 0.441. The van der Waals surface area contributed by atoms with Crippen LogP contribution in [-0.2, 0) is 52.9 Å². The fourth-order valence-electron chi connectivity index (χ4n) is 4.95. The van der Waals surface area contributed by atoms with Crippen molar-refractivity contribution < 1.29 is 58.7 Å². The summed E-state index contributed by atoms with van der Waals surface area (Å²) in [5, 5.41) is 39.3. The van der Waals surface area contributed by atoms with E-state index in [0.29, 0.717) is 23.5 Å². The Kier molecular flexibility index (Phi) is 18.9. The van der Waals surface area contributed by atoms with E-state index in [-0.39, 0.29) is 52.1 Å². The van der Waals surface area contributed by atoms with E-state index >= 15 is 0 Å². The molecular weight excluding hydrogens is 698 g/mol. The van der Waals surface area contributed by atoms with Crippen molar-refractivity contribution >= 4 is 41.6 Å². The van der Waals surface area contributed by atoms with Crippen LogP contribution in [0.2, 0.25) is 0 Å². The maximum Gasteiger partial charge on any atom is 0.317 e. The van der Waals surface area contributed by atoms with Gasteiger partial charge in [0.15, 0.2) is 0 Å². The number of carboxylic acid groups (broad SMARTS) is 4. The van der Waals surface area contributed by atoms with Crippen LogP contribution in [0.5, 0.6) is 5.75 Å². The molecule has 0 aliphatic rings. The standard InChI is InChI=1S/C34H47N7O12/c1-2-53-26-9-7-23(8-10-26)15-27(35)34(52)38-37-28(42)16-24-3-5-25(6-4-24)17-36-29(43)18-39(11-13-40(19-30(44)45)20-31(46)47)12-14-41(21-32(48)49)22-33(50)51/h3-10,27H,2,11-22,35H2,1H3,(H,36,43)(H,37,42)(H,38,52)(H,44,45)(H,46,47)(H,48,49)(H,50,51)/t27-/m1/s1. The summed E-state index contributed by atoms with van der Waals surface area (Å²) in [4.78, 5) is 86.4. The number of nitrogens with zero attached hydrogens (tertiary/aromatic N) is 3. The number of hydrogen-bond donors (Lipinski definition) is 8. The lowest BCUT2D eigenvalue weighted by Gasteiger charge is -2.28. The molecule has 19 nitrogen and oxygen atoms in total. The number of ether oxygens (including phenoxy) is 1. The third-order valence-corrected chi connectivity index (χ3v) is 7.50. The van der Waals surface area contributed by atoms with Gasteiger partial charge in [-0.05, 0) is 42.2 Å². The van der Waals surface area contributed by atoms with E-state index in [2.05, 4.69) is 16.2 Å². The highest BCUT2D eigenvalue weighted by Crippen LogP contribution is 2.13. The van der Waals surface area contributed by atoms with Gasteiger partial charge in [0.05, 0.1) is 51.8 Å². The number of hydrazine groups is 1. The van der Waals surface area contributed by atoms with Gasteiger partial charge in [-0.15, -0.1) is 0 Å². The van der Waals surface area contributed by atoms with Crippen LogP contribution in [-0.4, -0.2) is 148 Å². The number of carbonyl (C=O) groups is 7. The molecule has 9 N–H and O–H groups in total. The zero-order valence-electron chi connectivity index (χ0n) is 29.4. The summed E-state index contributed by atoms with van der Waals surface area (Å²) in [6.45, 7) is -0.0787. The summed E-state index contributed by atoms with van der Waals surface area (Å²) >= 11 is 0. The molecular formula is C34H47N7O12. The monoisotopic (exact) mass is 745 g/mol. The second-order valence-electron chi connectivity index (χ2n) is 12.0. The first-order valence-corrected chi connectivity index (χ1v) is 16.6. The van der Waals surface area contributed by atoms with Crippen molar-refractivity contribution in [3.05, 3.63) is 65.2 Å². The number of nitrogens with two attached hydrogens (primary N) is 1. The smallest absolute Gasteiger partial charge is 0.317 e. The van der Waals surface area contributed by atoms with Gasteiger partial charge < -0.3 is 36.2 Å². The lowest BCUT2D eigenvalue weighted by Crippen LogP contribution is -2.50. The van der Waals surface area contributed by atoms with Crippen molar-refractivity contribution in [1.82, 2.24) is 30.9 Å². The lowest BCUT2D eigenvalue weighted by molar-refractivity contribution is -0.143. The van der Waals surface area contributed by atoms with Gasteiger partial charge in [-0.25, -0.2) is 0 Å². The van der Waals surface area contributed by atoms with Gasteiger partial charge in [0.1, 0.15) is 5.75 Å². The Morgan fingerprint density at radius 2 is 1.08 bits per heavy atom. The van der Waals surface area contributed by atoms with Crippen molar-refractivity contribution in [3.8, 4) is 5.75 Å². The van der Waals surface area contributed by atoms with Crippen LogP contribution in [0.3, 0.4) is 0 Å². The van der Waals surface area contributed by atoms with Gasteiger partial charge >= 0.3 is 23.9 Å². The Balaban J connectivity index is 1.90. The van der Waals surface area contributed by atoms with Crippen LogP contribution in [0, 0.1) is 0 Å². The van der Waals surface area contributed by atoms with Gasteiger partial charge in [-0.2, -0.15) is 0 Å². The minimum Gasteiger partial charge on any atom is -0.494 e. The molecule has 0 bridgehead atoms. The molecule has 0 unspecified atom stereocenters. The second-order valence-corrected chi connectivity index (χ2v) is 12.0. The van der Waals surface area contributed by atoms with E-state index in [1.54, 1.807) is 48.5 Å². The second kappa shape index (κ2) is 23.0. The number of aliphatic carboxylic acids is 4. The minimum absolute atomic E-state index is 0.0217. The Hall–Kier alpha value is -5.63. The van der Waals surface area contributed by atoms with Gasteiger partial charge in [0.2, 0.25) is 11.8 Å². The maximum atomic E-state index is 12.9. The number of rotatable bonds is 25. The van der Waals surface area contributed by atoms with E-state index in [4.69, 9.17) is 30.9 Å². The average Bonchev–Trinajstić information content (AvgIpc) is 3.07. The molecule has 2 aromatic carbocycles. The Morgan fingerprint density at radius 3 is 1.55 bits per heavy atom. The quantitative estimate of drug-likeness (QED) is 0.0521. The number of carboxylic acids is 4. The van der Waals surface area contributed by atoms with E-state index < -0.39 is 73.8 Å². The summed E-state index contributed by atoms with van der Waals surface area (Å²) in [6.07, 6.45) is 0.193. The maximum absolute atomic E-state index is 12.9. The highest BCUT2D eigenvalue weighted by Gasteiger charge is 2.20. The van der Waals surface area contributed by atoms with Crippen LogP contribution in [0.4, 0.5) is 0 Å². The molecule has 0 saturated carbocycles. The predicted molar refractivity (Wildman–Crippen MR) is 187 cm³/mol. The van der Waals surface area contributed by atoms with Gasteiger partial charge in [-0.1, -0.05) is 36.4 Å². The van der Waals surface area contributed by atoms with Crippen molar-refractivity contribution in [1.29, 1.82) is 0 Å². The molecule has 2 aromatic rings. The predicted octanol–water partition coefficient (Wildman–Crippen LogP) is -1.79. The summed E-state index contributed by atoms with van der Waals surface area (Å²) in [7, 11) is 0. The van der Waals surface area contributed by atoms with Crippen LogP contribution in [0.25, 0.3) is 0 Å². The Labute approximate surface area is 305 Å². The number of amides is 3. The topological polar surface area (TPSA) is 281 Å². The molecule has 53 heavy (non-hydrogen) atoms. The van der Waals surface area contributed by atoms with Gasteiger partial charge in [0.25, 0.3) is 5.91 Å². The lowest BCUT2D eigenvalue weighted by atomic mass is 10.1. The zero-order chi connectivity index (χ0) is 39.3. The molecule has 0 heterocycles. The van der Waals surface area contributed by atoms with E-state index in [1.165, 1.54) is 4.90 Å². The van der Waals surface area contributed by atoms with Crippen LogP contribution >= 0.6 is 0 Å². The first-order valence-electron chi connectivity index (χ1n) is 16.6. The molecule has 290 valence electrons. The highest BCUT2D eigenvalue weighted by molar-refractivity contribution is 5.86. The zero-order valence-corrected chi connectivity index (χ0v) is 29.4. The van der Waals surface area contributed by atoms with Gasteiger partial charge in [-0.3, -0.25) is 59.1 Å². The molecule has 0 aliphatic heterocycles. The molecule has 0 aliphatic carbocycles. The highest BCUT2D eigenvalue weighted by atomic mass is 16.5. The third kappa shape index (κ3) is 19.0. The first-order chi connectivity index (χ1) is 25.1. The Morgan fingerprint density at radius 1 is 0.623 bits per heavy atom. The molecule has 1 atom stereocenters. The van der Waals surface area contributed by atoms with Crippen LogP contribution < -0.4 is 26.6 Å².